The van der Waals surface area contributed by atoms with Crippen LogP contribution in [-0.4, -0.2) is 11.1 Å². The van der Waals surface area contributed by atoms with Gasteiger partial charge in [-0.1, -0.05) is 29.8 Å². The number of aliphatic hydroxyl groups excluding tert-OH is 1. The Hall–Kier alpha value is -1.35. The molecule has 12 heavy (non-hydrogen) atoms. The molecule has 1 rings (SSSR count). The Balaban J connectivity index is 2.89. The molecule has 0 heterocycles. The number of aryl methyl sites for hydroxylation is 1. The fourth-order valence-electron chi connectivity index (χ4n) is 0.885. The fourth-order valence-corrected chi connectivity index (χ4v) is 0.885. The quantitative estimate of drug-likeness (QED) is 0.659. The molecule has 3 nitrogen and oxygen atoms in total. The molecule has 64 valence electrons. The Bertz CT molecular complexity index is 276. The average Bonchev–Trinajstić information content (AvgIpc) is 2.04. The van der Waals surface area contributed by atoms with Gasteiger partial charge in [0.25, 0.3) is 0 Å². The third-order valence-corrected chi connectivity index (χ3v) is 1.62. The second-order valence-corrected chi connectivity index (χ2v) is 2.63. The summed E-state index contributed by atoms with van der Waals surface area (Å²) < 4.78 is 0. The third-order valence-electron chi connectivity index (χ3n) is 1.62. The highest BCUT2D eigenvalue weighted by atomic mass is 16.4. The molecule has 0 aliphatic heterocycles. The number of carboxylic acid groups (broad SMARTS) is 1. The van der Waals surface area contributed by atoms with Crippen LogP contribution < -0.4 is 5.11 Å². The first kappa shape index (κ1) is 8.74. The standard InChI is InChI=1S/C9H10O3/c1-6-2-4-7(5-3-6)8(10)9(11)12/h2-5,8,10H,1H3,(H,11,12)/p-1. The van der Waals surface area contributed by atoms with Crippen LogP contribution in [0.25, 0.3) is 0 Å². The van der Waals surface area contributed by atoms with Gasteiger partial charge in [0.05, 0.1) is 5.97 Å². The molecule has 1 N–H and O–H groups in total. The Kier molecular flexibility index (Phi) is 2.45. The molecule has 0 aliphatic rings. The molecule has 1 aromatic carbocycles. The molecule has 0 spiro atoms. The molecule has 0 saturated carbocycles. The molecule has 0 amide bonds. The lowest BCUT2D eigenvalue weighted by molar-refractivity contribution is -0.315. The molecule has 0 aromatic heterocycles. The Morgan fingerprint density at radius 1 is 1.42 bits per heavy atom. The number of aliphatic carboxylic acids is 1. The lowest BCUT2D eigenvalue weighted by Gasteiger charge is -2.11. The Morgan fingerprint density at radius 3 is 2.33 bits per heavy atom. The van der Waals surface area contributed by atoms with E-state index in [1.807, 2.05) is 6.92 Å². The molecular weight excluding hydrogens is 156 g/mol. The number of carbonyl (C=O) groups excluding carboxylic acids is 1. The predicted octanol–water partition coefficient (Wildman–Crippen LogP) is -0.222. The molecule has 0 bridgehead atoms. The van der Waals surface area contributed by atoms with Gasteiger partial charge in [0.15, 0.2) is 0 Å². The van der Waals surface area contributed by atoms with E-state index in [4.69, 9.17) is 5.11 Å². The fraction of sp³-hybridized carbons (Fsp3) is 0.222. The van der Waals surface area contributed by atoms with Gasteiger partial charge in [-0.3, -0.25) is 0 Å². The summed E-state index contributed by atoms with van der Waals surface area (Å²) in [4.78, 5) is 10.2. The van der Waals surface area contributed by atoms with E-state index in [0.29, 0.717) is 5.56 Å². The smallest absolute Gasteiger partial charge is 0.118 e. The van der Waals surface area contributed by atoms with Crippen LogP contribution in [0.5, 0.6) is 0 Å². The third kappa shape index (κ3) is 1.83. The first-order valence-corrected chi connectivity index (χ1v) is 3.57. The summed E-state index contributed by atoms with van der Waals surface area (Å²) in [5, 5.41) is 19.3. The number of aliphatic hydroxyl groups is 1. The number of hydrogen-bond donors (Lipinski definition) is 1. The van der Waals surface area contributed by atoms with Crippen molar-refractivity contribution in [2.75, 3.05) is 0 Å². The molecule has 0 radical (unpaired) electrons. The maximum absolute atomic E-state index is 10.2. The minimum atomic E-state index is -1.52. The monoisotopic (exact) mass is 165 g/mol. The normalized spacial score (nSPS) is 12.5. The molecule has 0 fully saturated rings. The minimum Gasteiger partial charge on any atom is -0.547 e. The van der Waals surface area contributed by atoms with Crippen molar-refractivity contribution < 1.29 is 15.0 Å². The van der Waals surface area contributed by atoms with E-state index in [2.05, 4.69) is 0 Å². The molecule has 1 unspecified atom stereocenters. The zero-order chi connectivity index (χ0) is 9.14. The van der Waals surface area contributed by atoms with E-state index in [-0.39, 0.29) is 0 Å². The molecule has 1 aromatic rings. The Morgan fingerprint density at radius 2 is 1.92 bits per heavy atom. The number of benzene rings is 1. The summed E-state index contributed by atoms with van der Waals surface area (Å²) in [7, 11) is 0. The van der Waals surface area contributed by atoms with Crippen LogP contribution in [0.15, 0.2) is 24.3 Å². The van der Waals surface area contributed by atoms with E-state index in [1.165, 1.54) is 0 Å². The van der Waals surface area contributed by atoms with Gasteiger partial charge >= 0.3 is 0 Å². The number of rotatable bonds is 2. The van der Waals surface area contributed by atoms with Crippen LogP contribution in [0.4, 0.5) is 0 Å². The van der Waals surface area contributed by atoms with E-state index in [1.54, 1.807) is 24.3 Å². The zero-order valence-electron chi connectivity index (χ0n) is 6.65. The summed E-state index contributed by atoms with van der Waals surface area (Å²) >= 11 is 0. The minimum absolute atomic E-state index is 0.348. The van der Waals surface area contributed by atoms with Gasteiger partial charge in [-0.15, -0.1) is 0 Å². The van der Waals surface area contributed by atoms with Gasteiger partial charge in [-0.2, -0.15) is 0 Å². The van der Waals surface area contributed by atoms with Crippen molar-refractivity contribution in [3.8, 4) is 0 Å². The molecular formula is C9H9O3-. The molecule has 0 aliphatic carbocycles. The summed E-state index contributed by atoms with van der Waals surface area (Å²) in [5.41, 5.74) is 1.37. The van der Waals surface area contributed by atoms with Gasteiger partial charge in [-0.25, -0.2) is 0 Å². The summed E-state index contributed by atoms with van der Waals surface area (Å²) in [6.07, 6.45) is -1.52. The van der Waals surface area contributed by atoms with Gasteiger partial charge in [-0.05, 0) is 12.5 Å². The van der Waals surface area contributed by atoms with E-state index < -0.39 is 12.1 Å². The zero-order valence-corrected chi connectivity index (χ0v) is 6.65. The summed E-state index contributed by atoms with van der Waals surface area (Å²) in [6.45, 7) is 1.88. The lowest BCUT2D eigenvalue weighted by atomic mass is 10.1. The van der Waals surface area contributed by atoms with Crippen LogP contribution in [0.2, 0.25) is 0 Å². The number of hydrogen-bond acceptors (Lipinski definition) is 3. The highest BCUT2D eigenvalue weighted by molar-refractivity contribution is 5.71. The van der Waals surface area contributed by atoms with Gasteiger partial charge in [0.1, 0.15) is 6.10 Å². The topological polar surface area (TPSA) is 60.4 Å². The number of carbonyl (C=O) groups is 1. The summed E-state index contributed by atoms with van der Waals surface area (Å²) in [5.74, 6) is -1.47. The van der Waals surface area contributed by atoms with E-state index in [0.717, 1.165) is 5.56 Å². The van der Waals surface area contributed by atoms with Crippen molar-refractivity contribution in [3.63, 3.8) is 0 Å². The predicted molar refractivity (Wildman–Crippen MR) is 41.1 cm³/mol. The maximum atomic E-state index is 10.2. The lowest BCUT2D eigenvalue weighted by Crippen LogP contribution is -2.29. The van der Waals surface area contributed by atoms with Gasteiger partial charge in [0.2, 0.25) is 0 Å². The first-order valence-electron chi connectivity index (χ1n) is 3.57. The maximum Gasteiger partial charge on any atom is 0.118 e. The van der Waals surface area contributed by atoms with Gasteiger partial charge < -0.3 is 15.0 Å². The van der Waals surface area contributed by atoms with E-state index >= 15 is 0 Å². The second kappa shape index (κ2) is 3.36. The van der Waals surface area contributed by atoms with Crippen LogP contribution >= 0.6 is 0 Å². The van der Waals surface area contributed by atoms with E-state index in [9.17, 15) is 9.90 Å². The Labute approximate surface area is 70.3 Å². The molecule has 1 atom stereocenters. The van der Waals surface area contributed by atoms with Crippen molar-refractivity contribution in [3.05, 3.63) is 35.4 Å². The average molecular weight is 165 g/mol. The van der Waals surface area contributed by atoms with Crippen LogP contribution in [0.3, 0.4) is 0 Å². The van der Waals surface area contributed by atoms with Crippen LogP contribution in [0, 0.1) is 6.92 Å². The van der Waals surface area contributed by atoms with Crippen molar-refractivity contribution in [1.82, 2.24) is 0 Å². The largest absolute Gasteiger partial charge is 0.547 e. The SMILES string of the molecule is Cc1ccc(C(O)C(=O)[O-])cc1. The van der Waals surface area contributed by atoms with Crippen LogP contribution in [0.1, 0.15) is 17.2 Å². The molecule has 3 heteroatoms. The first-order chi connectivity index (χ1) is 5.61. The highest BCUT2D eigenvalue weighted by Crippen LogP contribution is 2.12. The van der Waals surface area contributed by atoms with Crippen LogP contribution in [-0.2, 0) is 4.79 Å². The second-order valence-electron chi connectivity index (χ2n) is 2.63. The van der Waals surface area contributed by atoms with Crippen molar-refractivity contribution in [2.24, 2.45) is 0 Å². The van der Waals surface area contributed by atoms with Crippen molar-refractivity contribution in [1.29, 1.82) is 0 Å². The van der Waals surface area contributed by atoms with Gasteiger partial charge in [0, 0.05) is 0 Å². The summed E-state index contributed by atoms with van der Waals surface area (Å²) in [6, 6.07) is 6.61. The highest BCUT2D eigenvalue weighted by Gasteiger charge is 2.06. The van der Waals surface area contributed by atoms with Crippen molar-refractivity contribution in [2.45, 2.75) is 13.0 Å². The molecule has 0 saturated heterocycles. The number of carboxylic acids is 1. The van der Waals surface area contributed by atoms with Crippen molar-refractivity contribution >= 4 is 5.97 Å².